The van der Waals surface area contributed by atoms with Crippen LogP contribution in [0.15, 0.2) is 12.1 Å². The molecule has 2 heterocycles. The van der Waals surface area contributed by atoms with Crippen LogP contribution < -0.4 is 10.6 Å². The fourth-order valence-corrected chi connectivity index (χ4v) is 3.09. The van der Waals surface area contributed by atoms with Crippen LogP contribution in [0.25, 0.3) is 0 Å². The van der Waals surface area contributed by atoms with E-state index in [4.69, 9.17) is 0 Å². The molecule has 0 fully saturated rings. The molecule has 2 amide bonds. The highest BCUT2D eigenvalue weighted by Gasteiger charge is 2.28. The molecule has 1 aromatic carbocycles. The summed E-state index contributed by atoms with van der Waals surface area (Å²) in [4.78, 5) is 29.4. The minimum Gasteiger partial charge on any atom is -0.348 e. The van der Waals surface area contributed by atoms with Crippen LogP contribution in [0, 0.1) is 17.5 Å². The quantitative estimate of drug-likeness (QED) is 0.763. The van der Waals surface area contributed by atoms with Crippen molar-refractivity contribution in [2.45, 2.75) is 52.1 Å². The second-order valence-corrected chi connectivity index (χ2v) is 6.80. The summed E-state index contributed by atoms with van der Waals surface area (Å²) in [5, 5.41) is 5.04. The van der Waals surface area contributed by atoms with Gasteiger partial charge in [0.05, 0.1) is 11.4 Å². The molecule has 1 atom stereocenters. The summed E-state index contributed by atoms with van der Waals surface area (Å²) in [6.07, 6.45) is 2.98. The summed E-state index contributed by atoms with van der Waals surface area (Å²) in [6.45, 7) is 4.28. The molecule has 0 aliphatic carbocycles. The lowest BCUT2D eigenvalue weighted by Gasteiger charge is -2.17. The molecule has 1 aliphatic heterocycles. The lowest BCUT2D eigenvalue weighted by Crippen LogP contribution is -2.33. The van der Waals surface area contributed by atoms with Gasteiger partial charge in [-0.2, -0.15) is 0 Å². The highest BCUT2D eigenvalue weighted by atomic mass is 19.2. The van der Waals surface area contributed by atoms with Crippen molar-refractivity contribution in [3.63, 3.8) is 0 Å². The molecule has 0 radical (unpaired) electrons. The minimum atomic E-state index is -1.67. The number of aromatic nitrogens is 2. The molecule has 2 N–H and O–H groups in total. The molecule has 1 aromatic heterocycles. The molecular formula is C19H21F3N4O2. The number of amides is 2. The minimum absolute atomic E-state index is 0.0537. The fourth-order valence-electron chi connectivity index (χ4n) is 3.09. The fraction of sp³-hybridized carbons (Fsp3) is 0.421. The van der Waals surface area contributed by atoms with Gasteiger partial charge in [0.1, 0.15) is 5.69 Å². The van der Waals surface area contributed by atoms with Gasteiger partial charge in [0.2, 0.25) is 0 Å². The Kier molecular flexibility index (Phi) is 5.71. The molecule has 2 aromatic rings. The van der Waals surface area contributed by atoms with E-state index < -0.39 is 29.0 Å². The molecule has 9 heteroatoms. The van der Waals surface area contributed by atoms with Gasteiger partial charge in [0.25, 0.3) is 11.8 Å². The van der Waals surface area contributed by atoms with E-state index in [9.17, 15) is 22.8 Å². The number of hydrogen-bond acceptors (Lipinski definition) is 3. The van der Waals surface area contributed by atoms with Crippen molar-refractivity contribution in [1.82, 2.24) is 14.9 Å². The van der Waals surface area contributed by atoms with Gasteiger partial charge in [0, 0.05) is 12.6 Å². The van der Waals surface area contributed by atoms with E-state index >= 15 is 0 Å². The van der Waals surface area contributed by atoms with Crippen LogP contribution in [0.1, 0.15) is 59.9 Å². The van der Waals surface area contributed by atoms with Crippen molar-refractivity contribution in [1.29, 1.82) is 0 Å². The van der Waals surface area contributed by atoms with E-state index in [0.717, 1.165) is 31.4 Å². The van der Waals surface area contributed by atoms with E-state index in [2.05, 4.69) is 15.6 Å². The SMILES string of the molecule is CCC(C)NC(=O)c1nc(C(=O)Nc2ccc(F)c(F)c2F)n2c1CCCC2. The first-order valence-corrected chi connectivity index (χ1v) is 9.18. The Balaban J connectivity index is 1.92. The number of hydrogen-bond donors (Lipinski definition) is 2. The van der Waals surface area contributed by atoms with Gasteiger partial charge in [-0.15, -0.1) is 0 Å². The smallest absolute Gasteiger partial charge is 0.291 e. The van der Waals surface area contributed by atoms with Crippen LogP contribution in [-0.2, 0) is 13.0 Å². The molecule has 0 bridgehead atoms. The summed E-state index contributed by atoms with van der Waals surface area (Å²) < 4.78 is 42.0. The second kappa shape index (κ2) is 8.04. The Morgan fingerprint density at radius 1 is 1.18 bits per heavy atom. The van der Waals surface area contributed by atoms with Gasteiger partial charge in [-0.05, 0) is 44.7 Å². The maximum atomic E-state index is 13.9. The van der Waals surface area contributed by atoms with Crippen molar-refractivity contribution in [3.05, 3.63) is 46.8 Å². The third-order valence-electron chi connectivity index (χ3n) is 4.81. The van der Waals surface area contributed by atoms with E-state index in [-0.39, 0.29) is 23.5 Å². The first-order chi connectivity index (χ1) is 13.3. The molecule has 3 rings (SSSR count). The zero-order chi connectivity index (χ0) is 20.4. The number of halogens is 3. The van der Waals surface area contributed by atoms with E-state index in [1.54, 1.807) is 4.57 Å². The normalized spacial score (nSPS) is 14.3. The highest BCUT2D eigenvalue weighted by Crippen LogP contribution is 2.24. The van der Waals surface area contributed by atoms with E-state index in [1.807, 2.05) is 13.8 Å². The van der Waals surface area contributed by atoms with Gasteiger partial charge < -0.3 is 15.2 Å². The topological polar surface area (TPSA) is 76.0 Å². The predicted octanol–water partition coefficient (Wildman–Crippen LogP) is 3.42. The third kappa shape index (κ3) is 3.74. The van der Waals surface area contributed by atoms with Crippen LogP contribution in [0.3, 0.4) is 0 Å². The summed E-state index contributed by atoms with van der Waals surface area (Å²) in [6, 6.07) is 1.60. The summed E-state index contributed by atoms with van der Waals surface area (Å²) in [5.74, 6) is -5.75. The number of imidazole rings is 1. The Morgan fingerprint density at radius 3 is 2.64 bits per heavy atom. The van der Waals surface area contributed by atoms with Crippen LogP contribution in [-0.4, -0.2) is 27.4 Å². The molecule has 1 aliphatic rings. The Morgan fingerprint density at radius 2 is 1.93 bits per heavy atom. The predicted molar refractivity (Wildman–Crippen MR) is 96.7 cm³/mol. The molecule has 1 unspecified atom stereocenters. The number of benzene rings is 1. The van der Waals surface area contributed by atoms with Gasteiger partial charge in [-0.3, -0.25) is 9.59 Å². The third-order valence-corrected chi connectivity index (χ3v) is 4.81. The first-order valence-electron chi connectivity index (χ1n) is 9.18. The molecule has 0 saturated carbocycles. The Bertz CT molecular complexity index is 926. The van der Waals surface area contributed by atoms with Crippen molar-refractivity contribution in [2.75, 3.05) is 5.32 Å². The van der Waals surface area contributed by atoms with Crippen molar-refractivity contribution in [3.8, 4) is 0 Å². The second-order valence-electron chi connectivity index (χ2n) is 6.80. The maximum absolute atomic E-state index is 13.9. The number of carbonyl (C=O) groups excluding carboxylic acids is 2. The average Bonchev–Trinajstić information content (AvgIpc) is 3.08. The standard InChI is InChI=1S/C19H21F3N4O2/c1-3-10(2)23-18(27)16-13-6-4-5-9-26(13)17(25-16)19(28)24-12-8-7-11(20)14(21)15(12)22/h7-8,10H,3-6,9H2,1-2H3,(H,23,27)(H,24,28). The number of fused-ring (bicyclic) bond motifs is 1. The lowest BCUT2D eigenvalue weighted by molar-refractivity contribution is 0.0933. The van der Waals surface area contributed by atoms with Crippen molar-refractivity contribution < 1.29 is 22.8 Å². The van der Waals surface area contributed by atoms with Crippen LogP contribution in [0.2, 0.25) is 0 Å². The van der Waals surface area contributed by atoms with Crippen molar-refractivity contribution >= 4 is 17.5 Å². The van der Waals surface area contributed by atoms with E-state index in [0.29, 0.717) is 18.7 Å². The lowest BCUT2D eigenvalue weighted by atomic mass is 10.1. The van der Waals surface area contributed by atoms with Crippen LogP contribution in [0.4, 0.5) is 18.9 Å². The summed E-state index contributed by atoms with van der Waals surface area (Å²) >= 11 is 0. The maximum Gasteiger partial charge on any atom is 0.291 e. The number of rotatable bonds is 5. The molecule has 28 heavy (non-hydrogen) atoms. The van der Waals surface area contributed by atoms with Crippen LogP contribution >= 0.6 is 0 Å². The number of nitrogens with one attached hydrogen (secondary N) is 2. The van der Waals surface area contributed by atoms with E-state index in [1.165, 1.54) is 0 Å². The Hall–Kier alpha value is -2.84. The average molecular weight is 394 g/mol. The molecule has 0 saturated heterocycles. The van der Waals surface area contributed by atoms with Gasteiger partial charge in [-0.25, -0.2) is 18.2 Å². The number of nitrogens with zero attached hydrogens (tertiary/aromatic N) is 2. The highest BCUT2D eigenvalue weighted by molar-refractivity contribution is 6.03. The van der Waals surface area contributed by atoms with Gasteiger partial charge >= 0.3 is 0 Å². The zero-order valence-electron chi connectivity index (χ0n) is 15.6. The summed E-state index contributed by atoms with van der Waals surface area (Å²) in [5.41, 5.74) is 0.307. The Labute approximate surface area is 160 Å². The summed E-state index contributed by atoms with van der Waals surface area (Å²) in [7, 11) is 0. The molecule has 6 nitrogen and oxygen atoms in total. The van der Waals surface area contributed by atoms with Gasteiger partial charge in [-0.1, -0.05) is 6.92 Å². The number of carbonyl (C=O) groups is 2. The zero-order valence-corrected chi connectivity index (χ0v) is 15.6. The van der Waals surface area contributed by atoms with Crippen molar-refractivity contribution in [2.24, 2.45) is 0 Å². The largest absolute Gasteiger partial charge is 0.348 e. The monoisotopic (exact) mass is 394 g/mol. The molecular weight excluding hydrogens is 373 g/mol. The molecule has 150 valence electrons. The number of anilines is 1. The first kappa shape index (κ1) is 19.9. The molecule has 0 spiro atoms. The van der Waals surface area contributed by atoms with Gasteiger partial charge in [0.15, 0.2) is 23.3 Å². The van der Waals surface area contributed by atoms with Crippen LogP contribution in [0.5, 0.6) is 0 Å².